The van der Waals surface area contributed by atoms with Crippen molar-refractivity contribution in [3.63, 3.8) is 0 Å². The van der Waals surface area contributed by atoms with Crippen molar-refractivity contribution in [2.24, 2.45) is 11.8 Å². The molecule has 0 aliphatic carbocycles. The van der Waals surface area contributed by atoms with Crippen LogP contribution in [0.15, 0.2) is 106 Å². The highest BCUT2D eigenvalue weighted by molar-refractivity contribution is 6.67. The molecule has 2 N–H and O–H groups in total. The smallest absolute Gasteiger partial charge is 0.408 e. The molecule has 2 amide bonds. The third-order valence-corrected chi connectivity index (χ3v) is 9.66. The lowest BCUT2D eigenvalue weighted by atomic mass is 9.93. The molecular weight excluding hydrogens is 863 g/mol. The van der Waals surface area contributed by atoms with Crippen LogP contribution in [0.25, 0.3) is 20.7 Å². The Morgan fingerprint density at radius 3 is 1.73 bits per heavy atom. The third kappa shape index (κ3) is 17.3. The highest BCUT2D eigenvalue weighted by Gasteiger charge is 2.30. The Morgan fingerprint density at radius 1 is 0.727 bits per heavy atom. The van der Waals surface area contributed by atoms with Gasteiger partial charge in [-0.2, -0.15) is 0 Å². The van der Waals surface area contributed by atoms with E-state index >= 15 is 0 Å². The molecule has 0 spiro atoms. The third-order valence-electron chi connectivity index (χ3n) is 9.46. The Morgan fingerprint density at radius 2 is 1.24 bits per heavy atom. The Hall–Kier alpha value is -6.83. The van der Waals surface area contributed by atoms with Gasteiger partial charge in [0.1, 0.15) is 28.4 Å². The lowest BCUT2D eigenvalue weighted by Gasteiger charge is -2.26. The fourth-order valence-electron chi connectivity index (χ4n) is 6.35. The second kappa shape index (κ2) is 24.5. The van der Waals surface area contributed by atoms with Crippen molar-refractivity contribution in [2.45, 2.75) is 112 Å². The summed E-state index contributed by atoms with van der Waals surface area (Å²) >= 11 is 5.05. The summed E-state index contributed by atoms with van der Waals surface area (Å²) in [6, 6.07) is 26.7. The second-order valence-electron chi connectivity index (χ2n) is 18.0. The number of ketones is 1. The van der Waals surface area contributed by atoms with E-state index in [1.807, 2.05) is 88.4 Å². The van der Waals surface area contributed by atoms with Crippen molar-refractivity contribution in [3.8, 4) is 0 Å². The molecule has 0 aliphatic heterocycles. The van der Waals surface area contributed by atoms with Crippen LogP contribution in [0.3, 0.4) is 0 Å². The molecule has 1 aromatic heterocycles. The van der Waals surface area contributed by atoms with Crippen molar-refractivity contribution in [3.05, 3.63) is 164 Å². The minimum Gasteiger partial charge on any atom is -0.460 e. The molecule has 5 rings (SSSR count). The number of alkyl carbamates (subject to hydrolysis) is 2. The van der Waals surface area contributed by atoms with E-state index in [9.17, 15) is 28.4 Å². The maximum Gasteiger partial charge on any atom is 0.408 e. The van der Waals surface area contributed by atoms with Crippen molar-refractivity contribution in [2.75, 3.05) is 0 Å². The number of hydrogen-bond donors (Lipinski definition) is 2. The van der Waals surface area contributed by atoms with Gasteiger partial charge in [0.15, 0.2) is 22.6 Å². The predicted octanol–water partition coefficient (Wildman–Crippen LogP) is 12.6. The fourth-order valence-corrected chi connectivity index (χ4v) is 6.50. The maximum absolute atomic E-state index is 13.5. The van der Waals surface area contributed by atoms with Gasteiger partial charge in [-0.3, -0.25) is 14.4 Å². The van der Waals surface area contributed by atoms with Gasteiger partial charge in [0.25, 0.3) is 5.24 Å². The summed E-state index contributed by atoms with van der Waals surface area (Å²) in [5.41, 5.74) is 1.81. The monoisotopic (exact) mass is 920 g/mol. The van der Waals surface area contributed by atoms with Crippen LogP contribution in [0.4, 0.5) is 25.4 Å². The number of carbonyl (C=O) groups excluding carboxylic acids is 4. The van der Waals surface area contributed by atoms with Crippen LogP contribution in [0.5, 0.6) is 0 Å². The first kappa shape index (κ1) is 53.5. The number of aryl methyl sites for hydroxylation is 1. The van der Waals surface area contributed by atoms with Gasteiger partial charge in [-0.15, -0.1) is 0 Å². The largest absolute Gasteiger partial charge is 0.460 e. The fraction of sp³-hybridized carbons (Fsp3) is 0.365. The maximum atomic E-state index is 13.5. The van der Waals surface area contributed by atoms with E-state index < -0.39 is 46.5 Å². The molecule has 14 heteroatoms. The summed E-state index contributed by atoms with van der Waals surface area (Å²) in [4.78, 5) is 67.3. The number of ether oxygens (including phenoxy) is 2. The quantitative estimate of drug-likeness (QED) is 0.0928. The number of fused-ring (bicyclic) bond motifs is 1. The van der Waals surface area contributed by atoms with Gasteiger partial charge >= 0.3 is 12.2 Å². The van der Waals surface area contributed by atoms with Crippen molar-refractivity contribution in [1.29, 1.82) is 0 Å². The van der Waals surface area contributed by atoms with Gasteiger partial charge < -0.3 is 24.5 Å². The van der Waals surface area contributed by atoms with Gasteiger partial charge in [-0.1, -0.05) is 113 Å². The second-order valence-corrected chi connectivity index (χ2v) is 18.3. The van der Waals surface area contributed by atoms with Crippen LogP contribution in [0.2, 0.25) is 0 Å². The van der Waals surface area contributed by atoms with Crippen LogP contribution in [-0.4, -0.2) is 40.5 Å². The number of hydrogen-bond acceptors (Lipinski definition) is 8. The molecular formula is C52H58ClFN4O8. The van der Waals surface area contributed by atoms with Crippen molar-refractivity contribution < 1.29 is 37.5 Å². The number of nitrogens with zero attached hydrogens (tertiary/aromatic N) is 2. The first-order chi connectivity index (χ1) is 30.9. The zero-order valence-corrected chi connectivity index (χ0v) is 39.8. The number of rotatable bonds is 12. The molecule has 2 atom stereocenters. The predicted molar refractivity (Wildman–Crippen MR) is 256 cm³/mol. The van der Waals surface area contributed by atoms with Crippen LogP contribution in [-0.2, 0) is 27.1 Å². The van der Waals surface area contributed by atoms with E-state index in [0.717, 1.165) is 17.2 Å². The highest BCUT2D eigenvalue weighted by atomic mass is 35.5. The summed E-state index contributed by atoms with van der Waals surface area (Å²) in [6.45, 7) is 32.3. The zero-order chi connectivity index (χ0) is 49.4. The summed E-state index contributed by atoms with van der Waals surface area (Å²) < 4.78 is 29.7. The molecule has 0 saturated heterocycles. The normalized spacial score (nSPS) is 11.9. The molecule has 0 unspecified atom stereocenters. The molecule has 0 bridgehead atoms. The minimum atomic E-state index is -0.857. The van der Waals surface area contributed by atoms with E-state index in [2.05, 4.69) is 20.3 Å². The number of benzene rings is 4. The van der Waals surface area contributed by atoms with Crippen LogP contribution >= 0.6 is 11.6 Å². The number of amides is 2. The summed E-state index contributed by atoms with van der Waals surface area (Å²) in [7, 11) is 0. The molecule has 348 valence electrons. The molecule has 4 aromatic carbocycles. The Kier molecular flexibility index (Phi) is 19.8. The topological polar surface area (TPSA) is 150 Å². The average Bonchev–Trinajstić information content (AvgIpc) is 3.24. The molecule has 0 radical (unpaired) electrons. The lowest BCUT2D eigenvalue weighted by molar-refractivity contribution is -0.122. The van der Waals surface area contributed by atoms with E-state index in [0.29, 0.717) is 47.2 Å². The van der Waals surface area contributed by atoms with Crippen LogP contribution in [0, 0.1) is 30.8 Å². The Labute approximate surface area is 391 Å². The number of halogens is 2. The number of carbonyl (C=O) groups is 4. The molecule has 66 heavy (non-hydrogen) atoms. The van der Waals surface area contributed by atoms with Crippen molar-refractivity contribution in [1.82, 2.24) is 10.6 Å². The molecule has 0 aliphatic rings. The van der Waals surface area contributed by atoms with Gasteiger partial charge in [0, 0.05) is 18.4 Å². The highest BCUT2D eigenvalue weighted by Crippen LogP contribution is 2.30. The van der Waals surface area contributed by atoms with Gasteiger partial charge in [0.2, 0.25) is 0 Å². The van der Waals surface area contributed by atoms with Crippen LogP contribution < -0.4 is 16.1 Å². The lowest BCUT2D eigenvalue weighted by Crippen LogP contribution is -2.46. The molecule has 5 aromatic rings. The van der Waals surface area contributed by atoms with E-state index in [1.54, 1.807) is 59.7 Å². The van der Waals surface area contributed by atoms with Gasteiger partial charge in [-0.25, -0.2) is 23.7 Å². The number of nitrogens with one attached hydrogen (secondary N) is 2. The van der Waals surface area contributed by atoms with Crippen LogP contribution in [0.1, 0.15) is 115 Å². The van der Waals surface area contributed by atoms with E-state index in [4.69, 9.17) is 38.6 Å². The van der Waals surface area contributed by atoms with Crippen molar-refractivity contribution >= 4 is 57.2 Å². The van der Waals surface area contributed by atoms with Gasteiger partial charge in [-0.05, 0) is 94.7 Å². The first-order valence-corrected chi connectivity index (χ1v) is 21.7. The summed E-state index contributed by atoms with van der Waals surface area (Å²) in [6.07, 6.45) is 0.318. The summed E-state index contributed by atoms with van der Waals surface area (Å²) in [5.74, 6) is -0.403. The number of Topliss-reactive ketones (excluding diaryl/α,β-unsaturated/α-hetero) is 1. The van der Waals surface area contributed by atoms with E-state index in [-0.39, 0.29) is 34.3 Å². The van der Waals surface area contributed by atoms with E-state index in [1.165, 1.54) is 12.1 Å². The molecule has 12 nitrogen and oxygen atoms in total. The van der Waals surface area contributed by atoms with Gasteiger partial charge in [0.05, 0.1) is 36.2 Å². The molecule has 1 heterocycles. The average molecular weight is 922 g/mol. The first-order valence-electron chi connectivity index (χ1n) is 21.4. The molecule has 0 fully saturated rings. The Balaban J connectivity index is 0.000000293. The Bertz CT molecular complexity index is 2600. The standard InChI is InChI=1S/C26H28N2O4.C18H27NO3.C8H3ClFNO/c1-16(2)22(28-25(30)32-26(3,4)5)24-20(14-17-10-8-7-9-11-17)23(29)19-13-12-18(27-6)15-21(19)31-24;1-13(2)16(19-17(21)22-18(3,4)5)15(20)12-11-14-9-7-6-8-10-14;1-11-5-2-3-6(8(9)12)7(10)4-5/h7-13,15-16,22H,14H2,1-5H3,(H,28,30);6-10,13,16H,11-12H2,1-5H3,(H,19,21);2-4H/t22-;16-;/m11./s1. The minimum absolute atomic E-state index is 0.0239. The zero-order valence-electron chi connectivity index (χ0n) is 39.1. The molecule has 0 saturated carbocycles. The SMILES string of the molecule is CC(C)[C@@H](NC(=O)OC(C)(C)C)C(=O)CCc1ccccc1.[C-]#[N+]c1ccc(C(=O)Cl)c(F)c1.[C-]#[N+]c1ccc2c(=O)c(Cc3ccccc3)c([C@H](NC(=O)OC(C)(C)C)C(C)C)oc2c1. The summed E-state index contributed by atoms with van der Waals surface area (Å²) in [5, 5.41) is 5.13.